The van der Waals surface area contributed by atoms with E-state index in [4.69, 9.17) is 0 Å². The maximum absolute atomic E-state index is 13.4. The van der Waals surface area contributed by atoms with Crippen molar-refractivity contribution in [2.24, 2.45) is 29.1 Å². The largest absolute Gasteiger partial charge is 0.511 e. The summed E-state index contributed by atoms with van der Waals surface area (Å²) < 4.78 is 0. The van der Waals surface area contributed by atoms with Gasteiger partial charge in [-0.25, -0.2) is 0 Å². The van der Waals surface area contributed by atoms with E-state index in [-0.39, 0.29) is 29.0 Å². The molecule has 29 heavy (non-hydrogen) atoms. The van der Waals surface area contributed by atoms with E-state index < -0.39 is 28.8 Å². The molecule has 1 N–H and O–H groups in total. The Bertz CT molecular complexity index is 788. The van der Waals surface area contributed by atoms with Gasteiger partial charge in [-0.2, -0.15) is 0 Å². The summed E-state index contributed by atoms with van der Waals surface area (Å²) in [6, 6.07) is 0. The lowest BCUT2D eigenvalue weighted by molar-refractivity contribution is -0.154. The molecule has 0 aromatic heterocycles. The van der Waals surface area contributed by atoms with Crippen LogP contribution in [0, 0.1) is 29.1 Å². The van der Waals surface area contributed by atoms with Crippen LogP contribution in [0.15, 0.2) is 34.6 Å². The molecule has 160 valence electrons. The van der Waals surface area contributed by atoms with Gasteiger partial charge in [0.2, 0.25) is 0 Å². The van der Waals surface area contributed by atoms with Crippen molar-refractivity contribution in [3.05, 3.63) is 34.6 Å². The number of fused-ring (bicyclic) bond motifs is 2. The number of aliphatic hydroxyl groups is 1. The molecule has 0 amide bonds. The first-order valence-corrected chi connectivity index (χ1v) is 10.7. The highest BCUT2D eigenvalue weighted by Crippen LogP contribution is 2.54. The third-order valence-electron chi connectivity index (χ3n) is 6.66. The molecular formula is C25H36O4. The van der Waals surface area contributed by atoms with Crippen molar-refractivity contribution in [3.63, 3.8) is 0 Å². The highest BCUT2D eigenvalue weighted by molar-refractivity contribution is 6.35. The minimum atomic E-state index is -0.851. The maximum Gasteiger partial charge on any atom is 0.180 e. The van der Waals surface area contributed by atoms with Gasteiger partial charge in [-0.1, -0.05) is 44.1 Å². The first-order chi connectivity index (χ1) is 13.4. The van der Waals surface area contributed by atoms with Gasteiger partial charge in [-0.15, -0.1) is 0 Å². The van der Waals surface area contributed by atoms with E-state index >= 15 is 0 Å². The fraction of sp³-hybridized carbons (Fsp3) is 0.640. The Labute approximate surface area is 175 Å². The van der Waals surface area contributed by atoms with E-state index in [0.29, 0.717) is 12.8 Å². The molecule has 4 atom stereocenters. The van der Waals surface area contributed by atoms with Gasteiger partial charge in [-0.3, -0.25) is 14.4 Å². The number of hydrogen-bond acceptors (Lipinski definition) is 4. The second kappa shape index (κ2) is 8.81. The van der Waals surface area contributed by atoms with Gasteiger partial charge >= 0.3 is 0 Å². The predicted octanol–water partition coefficient (Wildman–Crippen LogP) is 5.54. The van der Waals surface area contributed by atoms with E-state index in [1.807, 2.05) is 34.6 Å². The van der Waals surface area contributed by atoms with Crippen molar-refractivity contribution < 1.29 is 19.5 Å². The lowest BCUT2D eigenvalue weighted by atomic mass is 9.50. The Morgan fingerprint density at radius 1 is 1.07 bits per heavy atom. The maximum atomic E-state index is 13.4. The van der Waals surface area contributed by atoms with Gasteiger partial charge < -0.3 is 5.11 Å². The van der Waals surface area contributed by atoms with E-state index in [2.05, 4.69) is 12.2 Å². The third kappa shape index (κ3) is 4.46. The molecule has 0 heterocycles. The summed E-state index contributed by atoms with van der Waals surface area (Å²) in [5.41, 5.74) is 1.74. The zero-order chi connectivity index (χ0) is 22.1. The quantitative estimate of drug-likeness (QED) is 0.209. The van der Waals surface area contributed by atoms with Crippen LogP contribution in [-0.2, 0) is 14.4 Å². The average molecular weight is 401 g/mol. The average Bonchev–Trinajstić information content (AvgIpc) is 2.59. The van der Waals surface area contributed by atoms with Crippen LogP contribution < -0.4 is 0 Å². The van der Waals surface area contributed by atoms with Crippen LogP contribution >= 0.6 is 0 Å². The van der Waals surface area contributed by atoms with Crippen LogP contribution in [0.4, 0.5) is 0 Å². The topological polar surface area (TPSA) is 71.4 Å². The minimum Gasteiger partial charge on any atom is -0.511 e. The second-order valence-electron chi connectivity index (χ2n) is 9.81. The Balaban J connectivity index is 2.57. The number of carbonyl (C=O) groups is 3. The molecule has 0 aromatic carbocycles. The lowest BCUT2D eigenvalue weighted by Crippen LogP contribution is -2.58. The molecule has 0 spiro atoms. The molecular weight excluding hydrogens is 364 g/mol. The van der Waals surface area contributed by atoms with E-state index in [0.717, 1.165) is 12.8 Å². The number of hydrogen-bond donors (Lipinski definition) is 1. The van der Waals surface area contributed by atoms with Gasteiger partial charge in [-0.05, 0) is 64.7 Å². The SMILES string of the molecule is CC(C)=CCC[C@]1(C)C2C(=O)/C(=C(\O)C(C)C)C(=O)C(C[C@H]1CC=C(C)C)C2=O. The van der Waals surface area contributed by atoms with E-state index in [1.54, 1.807) is 13.8 Å². The molecule has 2 fully saturated rings. The first kappa shape index (κ1) is 23.3. The van der Waals surface area contributed by atoms with Crippen molar-refractivity contribution >= 4 is 17.3 Å². The zero-order valence-corrected chi connectivity index (χ0v) is 19.0. The standard InChI is InChI=1S/C25H36O4/c1-14(2)9-8-12-25(7)17(11-10-15(3)4)13-18-22(27)19(21(26)16(5)6)24(29)20(25)23(18)28/h9-10,16-18,20,26H,8,11-13H2,1-7H3/b21-19-/t17-,18?,20?,25+/m1/s1. The number of Topliss-reactive ketones (excluding diaryl/α,β-unsaturated/α-hetero) is 3. The van der Waals surface area contributed by atoms with Crippen molar-refractivity contribution in [2.45, 2.75) is 74.1 Å². The molecule has 2 aliphatic carbocycles. The number of ketones is 3. The zero-order valence-electron chi connectivity index (χ0n) is 19.0. The summed E-state index contributed by atoms with van der Waals surface area (Å²) in [6.45, 7) is 13.7. The van der Waals surface area contributed by atoms with Gasteiger partial charge in [0.05, 0.1) is 17.4 Å². The molecule has 2 rings (SSSR count). The van der Waals surface area contributed by atoms with Gasteiger partial charge in [0.15, 0.2) is 17.3 Å². The van der Waals surface area contributed by atoms with Crippen LogP contribution in [-0.4, -0.2) is 22.5 Å². The normalized spacial score (nSPS) is 31.0. The molecule has 2 aliphatic rings. The summed E-state index contributed by atoms with van der Waals surface area (Å²) in [7, 11) is 0. The molecule has 0 radical (unpaired) electrons. The molecule has 2 unspecified atom stereocenters. The van der Waals surface area contributed by atoms with Crippen molar-refractivity contribution in [1.82, 2.24) is 0 Å². The smallest absolute Gasteiger partial charge is 0.180 e. The molecule has 0 aliphatic heterocycles. The highest BCUT2D eigenvalue weighted by atomic mass is 16.3. The monoisotopic (exact) mass is 400 g/mol. The van der Waals surface area contributed by atoms with Crippen molar-refractivity contribution in [1.29, 1.82) is 0 Å². The van der Waals surface area contributed by atoms with Crippen molar-refractivity contribution in [2.75, 3.05) is 0 Å². The van der Waals surface area contributed by atoms with Crippen LogP contribution in [0.1, 0.15) is 74.1 Å². The lowest BCUT2D eigenvalue weighted by Gasteiger charge is -2.50. The Morgan fingerprint density at radius 2 is 1.66 bits per heavy atom. The van der Waals surface area contributed by atoms with Crippen molar-refractivity contribution in [3.8, 4) is 0 Å². The van der Waals surface area contributed by atoms with Gasteiger partial charge in [0.1, 0.15) is 5.76 Å². The van der Waals surface area contributed by atoms with Crippen LogP contribution in [0.25, 0.3) is 0 Å². The second-order valence-corrected chi connectivity index (χ2v) is 9.81. The molecule has 0 saturated heterocycles. The van der Waals surface area contributed by atoms with E-state index in [1.165, 1.54) is 11.1 Å². The first-order valence-electron chi connectivity index (χ1n) is 10.7. The molecule has 4 heteroatoms. The Morgan fingerprint density at radius 3 is 2.17 bits per heavy atom. The predicted molar refractivity (Wildman–Crippen MR) is 115 cm³/mol. The number of aliphatic hydroxyl groups excluding tert-OH is 1. The third-order valence-corrected chi connectivity index (χ3v) is 6.66. The summed E-state index contributed by atoms with van der Waals surface area (Å²) in [5.74, 6) is -3.27. The van der Waals surface area contributed by atoms with Gasteiger partial charge in [0.25, 0.3) is 0 Å². The number of carbonyl (C=O) groups excluding carboxylic acids is 3. The summed E-state index contributed by atoms with van der Waals surface area (Å²) in [4.78, 5) is 39.6. The molecule has 2 saturated carbocycles. The molecule has 2 bridgehead atoms. The van der Waals surface area contributed by atoms with Crippen LogP contribution in [0.5, 0.6) is 0 Å². The molecule has 4 nitrogen and oxygen atoms in total. The summed E-state index contributed by atoms with van der Waals surface area (Å²) in [5, 5.41) is 10.5. The van der Waals surface area contributed by atoms with E-state index in [9.17, 15) is 19.5 Å². The Kier molecular flexibility index (Phi) is 7.08. The fourth-order valence-corrected chi connectivity index (χ4v) is 4.84. The van der Waals surface area contributed by atoms with Crippen LogP contribution in [0.2, 0.25) is 0 Å². The fourth-order valence-electron chi connectivity index (χ4n) is 4.84. The number of rotatable bonds is 6. The minimum absolute atomic E-state index is 0.0753. The van der Waals surface area contributed by atoms with Crippen LogP contribution in [0.3, 0.4) is 0 Å². The Hall–Kier alpha value is -1.97. The molecule has 0 aromatic rings. The number of allylic oxidation sites excluding steroid dienone is 6. The summed E-state index contributed by atoms with van der Waals surface area (Å²) in [6.07, 6.45) is 6.98. The highest BCUT2D eigenvalue weighted by Gasteiger charge is 2.60. The summed E-state index contributed by atoms with van der Waals surface area (Å²) >= 11 is 0. The van der Waals surface area contributed by atoms with Gasteiger partial charge in [0, 0.05) is 5.92 Å².